The van der Waals surface area contributed by atoms with Crippen molar-refractivity contribution in [1.82, 2.24) is 24.7 Å². The van der Waals surface area contributed by atoms with Crippen molar-refractivity contribution in [2.75, 3.05) is 19.6 Å². The quantitative estimate of drug-likeness (QED) is 0.551. The van der Waals surface area contributed by atoms with Crippen molar-refractivity contribution in [3.63, 3.8) is 0 Å². The van der Waals surface area contributed by atoms with E-state index in [9.17, 15) is 19.6 Å². The topological polar surface area (TPSA) is 120 Å². The second-order valence-corrected chi connectivity index (χ2v) is 11.8. The second-order valence-electron chi connectivity index (χ2n) is 11.8. The van der Waals surface area contributed by atoms with Crippen LogP contribution in [0.2, 0.25) is 0 Å². The zero-order chi connectivity index (χ0) is 28.4. The Morgan fingerprint density at radius 2 is 1.55 bits per heavy atom. The molecule has 1 aromatic carbocycles. The van der Waals surface area contributed by atoms with E-state index in [2.05, 4.69) is 16.0 Å². The molecule has 10 nitrogen and oxygen atoms in total. The molecule has 0 unspecified atom stereocenters. The number of aromatic nitrogens is 2. The monoisotopic (exact) mass is 544 g/mol. The number of hydrogen-bond donors (Lipinski definition) is 0. The van der Waals surface area contributed by atoms with Crippen LogP contribution in [-0.2, 0) is 4.74 Å². The van der Waals surface area contributed by atoms with Gasteiger partial charge < -0.3 is 19.4 Å². The predicted molar refractivity (Wildman–Crippen MR) is 147 cm³/mol. The van der Waals surface area contributed by atoms with Gasteiger partial charge in [-0.1, -0.05) is 12.1 Å². The summed E-state index contributed by atoms with van der Waals surface area (Å²) in [5.41, 5.74) is 1.16. The Labute approximate surface area is 234 Å². The van der Waals surface area contributed by atoms with Crippen molar-refractivity contribution >= 4 is 17.9 Å². The van der Waals surface area contributed by atoms with Gasteiger partial charge in [-0.25, -0.2) is 14.8 Å². The lowest BCUT2D eigenvalue weighted by atomic mass is 10.0. The third-order valence-electron chi connectivity index (χ3n) is 7.64. The molecule has 1 saturated carbocycles. The fourth-order valence-corrected chi connectivity index (χ4v) is 5.44. The number of nitrogens with zero attached hydrogens (tertiary/aromatic N) is 6. The minimum Gasteiger partial charge on any atom is -0.444 e. The summed E-state index contributed by atoms with van der Waals surface area (Å²) in [5, 5.41) is 9.29. The van der Waals surface area contributed by atoms with Crippen LogP contribution < -0.4 is 0 Å². The van der Waals surface area contributed by atoms with Gasteiger partial charge in [-0.2, -0.15) is 5.26 Å². The van der Waals surface area contributed by atoms with Gasteiger partial charge in [0.05, 0.1) is 11.6 Å². The fraction of sp³-hybridized carbons (Fsp3) is 0.533. The van der Waals surface area contributed by atoms with Crippen molar-refractivity contribution in [2.45, 2.75) is 83.0 Å². The highest BCUT2D eigenvalue weighted by atomic mass is 16.6. The summed E-state index contributed by atoms with van der Waals surface area (Å²) in [6.45, 7) is 7.28. The van der Waals surface area contributed by atoms with E-state index in [0.29, 0.717) is 55.8 Å². The van der Waals surface area contributed by atoms with Crippen LogP contribution in [-0.4, -0.2) is 85.9 Å². The van der Waals surface area contributed by atoms with Gasteiger partial charge in [0.1, 0.15) is 11.6 Å². The number of carbonyl (C=O) groups is 3. The van der Waals surface area contributed by atoms with Gasteiger partial charge in [-0.05, 0) is 71.4 Å². The molecule has 1 aliphatic carbocycles. The number of carbonyl (C=O) groups excluding carboxylic acids is 3. The standard InChI is InChI=1S/C30H36N6O4/c1-30(2,3)40-29(39)34-15-12-24(13-16-34)36(23-10-11-23)28(38)22-18-32-26(33-19-22)20-6-8-21(9-7-20)27(37)35-14-4-5-25(35)17-31/h6-9,18-19,23-25H,4-5,10-16H2,1-3H3/t25-/m1/s1. The predicted octanol–water partition coefficient (Wildman–Crippen LogP) is 4.28. The first-order valence-electron chi connectivity index (χ1n) is 14.1. The Morgan fingerprint density at radius 1 is 0.925 bits per heavy atom. The maximum absolute atomic E-state index is 13.5. The summed E-state index contributed by atoms with van der Waals surface area (Å²) in [4.78, 5) is 53.1. The molecule has 3 fully saturated rings. The van der Waals surface area contributed by atoms with Crippen molar-refractivity contribution in [1.29, 1.82) is 5.26 Å². The third-order valence-corrected chi connectivity index (χ3v) is 7.64. The van der Waals surface area contributed by atoms with E-state index in [0.717, 1.165) is 24.8 Å². The minimum absolute atomic E-state index is 0.0553. The summed E-state index contributed by atoms with van der Waals surface area (Å²) in [6.07, 6.45) is 7.75. The molecule has 40 heavy (non-hydrogen) atoms. The molecule has 2 aromatic rings. The summed E-state index contributed by atoms with van der Waals surface area (Å²) in [6, 6.07) is 9.14. The maximum Gasteiger partial charge on any atom is 0.410 e. The van der Waals surface area contributed by atoms with Crippen LogP contribution in [0.4, 0.5) is 4.79 Å². The first-order chi connectivity index (χ1) is 19.1. The van der Waals surface area contributed by atoms with Gasteiger partial charge in [0.25, 0.3) is 11.8 Å². The van der Waals surface area contributed by atoms with Gasteiger partial charge in [0, 0.05) is 55.2 Å². The largest absolute Gasteiger partial charge is 0.444 e. The molecule has 0 bridgehead atoms. The molecule has 2 saturated heterocycles. The normalized spacial score (nSPS) is 19.7. The van der Waals surface area contributed by atoms with Crippen LogP contribution in [0.5, 0.6) is 0 Å². The summed E-state index contributed by atoms with van der Waals surface area (Å²) in [7, 11) is 0. The molecule has 0 radical (unpaired) electrons. The van der Waals surface area contributed by atoms with Crippen LogP contribution in [0.3, 0.4) is 0 Å². The Morgan fingerprint density at radius 3 is 2.12 bits per heavy atom. The second kappa shape index (κ2) is 11.2. The zero-order valence-corrected chi connectivity index (χ0v) is 23.4. The van der Waals surface area contributed by atoms with Crippen LogP contribution in [0.1, 0.15) is 80.0 Å². The van der Waals surface area contributed by atoms with E-state index >= 15 is 0 Å². The highest BCUT2D eigenvalue weighted by molar-refractivity contribution is 5.95. The number of hydrogen-bond acceptors (Lipinski definition) is 7. The van der Waals surface area contributed by atoms with E-state index in [4.69, 9.17) is 4.74 Å². The molecular weight excluding hydrogens is 508 g/mol. The Kier molecular flexibility index (Phi) is 7.74. The summed E-state index contributed by atoms with van der Waals surface area (Å²) in [5.74, 6) is 0.244. The lowest BCUT2D eigenvalue weighted by molar-refractivity contribution is 0.0142. The average molecular weight is 545 g/mol. The number of benzene rings is 1. The molecule has 10 heteroatoms. The smallest absolute Gasteiger partial charge is 0.410 e. The highest BCUT2D eigenvalue weighted by Gasteiger charge is 2.40. The molecule has 3 heterocycles. The molecule has 5 rings (SSSR count). The highest BCUT2D eigenvalue weighted by Crippen LogP contribution is 2.33. The molecule has 3 aliphatic rings. The first kappa shape index (κ1) is 27.6. The van der Waals surface area contributed by atoms with Gasteiger partial charge in [-0.3, -0.25) is 9.59 Å². The number of piperidine rings is 1. The van der Waals surface area contributed by atoms with Crippen molar-refractivity contribution in [3.05, 3.63) is 47.8 Å². The van der Waals surface area contributed by atoms with E-state index in [1.165, 1.54) is 0 Å². The Bertz CT molecular complexity index is 1290. The number of ether oxygens (including phenoxy) is 1. The van der Waals surface area contributed by atoms with E-state index in [-0.39, 0.29) is 36.0 Å². The van der Waals surface area contributed by atoms with Crippen molar-refractivity contribution in [3.8, 4) is 17.5 Å². The number of likely N-dealkylation sites (tertiary alicyclic amines) is 2. The summed E-state index contributed by atoms with van der Waals surface area (Å²) >= 11 is 0. The number of nitriles is 1. The van der Waals surface area contributed by atoms with Gasteiger partial charge in [-0.15, -0.1) is 0 Å². The van der Waals surface area contributed by atoms with Crippen molar-refractivity contribution in [2.24, 2.45) is 0 Å². The molecule has 210 valence electrons. The Hall–Kier alpha value is -4.00. The van der Waals surface area contributed by atoms with Gasteiger partial charge >= 0.3 is 6.09 Å². The van der Waals surface area contributed by atoms with Crippen molar-refractivity contribution < 1.29 is 19.1 Å². The van der Waals surface area contributed by atoms with Crippen LogP contribution in [0.15, 0.2) is 36.7 Å². The zero-order valence-electron chi connectivity index (χ0n) is 23.4. The lowest BCUT2D eigenvalue weighted by Gasteiger charge is -2.39. The number of amides is 3. The molecular formula is C30H36N6O4. The van der Waals surface area contributed by atoms with E-state index in [1.54, 1.807) is 46.5 Å². The molecule has 1 aromatic heterocycles. The minimum atomic E-state index is -0.537. The third kappa shape index (κ3) is 6.09. The van der Waals surface area contributed by atoms with Crippen LogP contribution in [0, 0.1) is 11.3 Å². The fourth-order valence-electron chi connectivity index (χ4n) is 5.44. The molecule has 2 aliphatic heterocycles. The number of rotatable bonds is 5. The molecule has 0 spiro atoms. The average Bonchev–Trinajstić information content (AvgIpc) is 3.66. The first-order valence-corrected chi connectivity index (χ1v) is 14.1. The summed E-state index contributed by atoms with van der Waals surface area (Å²) < 4.78 is 5.51. The molecule has 1 atom stereocenters. The van der Waals surface area contributed by atoms with E-state index in [1.807, 2.05) is 25.7 Å². The van der Waals surface area contributed by atoms with Gasteiger partial charge in [0.2, 0.25) is 0 Å². The Balaban J connectivity index is 1.22. The van der Waals surface area contributed by atoms with Crippen LogP contribution >= 0.6 is 0 Å². The van der Waals surface area contributed by atoms with Gasteiger partial charge in [0.15, 0.2) is 5.82 Å². The molecule has 3 amide bonds. The lowest BCUT2D eigenvalue weighted by Crippen LogP contribution is -2.50. The maximum atomic E-state index is 13.5. The molecule has 0 N–H and O–H groups in total. The SMILES string of the molecule is CC(C)(C)OC(=O)N1CCC(N(C(=O)c2cnc(-c3ccc(C(=O)N4CCC[C@@H]4C#N)cc3)nc2)C2CC2)CC1. The van der Waals surface area contributed by atoms with E-state index < -0.39 is 5.60 Å². The van der Waals surface area contributed by atoms with Crippen LogP contribution in [0.25, 0.3) is 11.4 Å².